The monoisotopic (exact) mass is 312 g/mol. The van der Waals surface area contributed by atoms with E-state index in [2.05, 4.69) is 5.32 Å². The summed E-state index contributed by atoms with van der Waals surface area (Å²) in [5.74, 6) is 0.381. The van der Waals surface area contributed by atoms with Crippen molar-refractivity contribution >= 4 is 23.2 Å². The number of benzene rings is 1. The SMILES string of the molecule is O=C(NCCCOCC1CC1)c1ccc(Cl)c([N+](=O)[O-])c1. The zero-order valence-electron chi connectivity index (χ0n) is 11.5. The highest BCUT2D eigenvalue weighted by molar-refractivity contribution is 6.32. The predicted molar refractivity (Wildman–Crippen MR) is 78.6 cm³/mol. The summed E-state index contributed by atoms with van der Waals surface area (Å²) in [6.45, 7) is 1.88. The van der Waals surface area contributed by atoms with Crippen LogP contribution in [0.2, 0.25) is 5.02 Å². The minimum absolute atomic E-state index is 0.0185. The normalized spacial score (nSPS) is 14.0. The second kappa shape index (κ2) is 7.38. The molecule has 2 rings (SSSR count). The van der Waals surface area contributed by atoms with Crippen LogP contribution in [0.15, 0.2) is 18.2 Å². The fourth-order valence-electron chi connectivity index (χ4n) is 1.81. The number of amides is 1. The van der Waals surface area contributed by atoms with E-state index in [0.29, 0.717) is 19.6 Å². The molecule has 0 aromatic heterocycles. The number of halogens is 1. The second-order valence-electron chi connectivity index (χ2n) is 5.05. The van der Waals surface area contributed by atoms with E-state index in [4.69, 9.17) is 16.3 Å². The Morgan fingerprint density at radius 2 is 2.24 bits per heavy atom. The molecule has 1 amide bonds. The van der Waals surface area contributed by atoms with Crippen LogP contribution in [0.25, 0.3) is 0 Å². The Balaban J connectivity index is 1.74. The third-order valence-electron chi connectivity index (χ3n) is 3.21. The number of nitrogens with one attached hydrogen (secondary N) is 1. The molecule has 0 radical (unpaired) electrons. The average molecular weight is 313 g/mol. The van der Waals surface area contributed by atoms with Gasteiger partial charge >= 0.3 is 0 Å². The van der Waals surface area contributed by atoms with Gasteiger partial charge in [-0.1, -0.05) is 11.6 Å². The first-order valence-corrected chi connectivity index (χ1v) is 7.25. The first-order chi connectivity index (χ1) is 10.1. The molecular formula is C14H17ClN2O4. The highest BCUT2D eigenvalue weighted by atomic mass is 35.5. The van der Waals surface area contributed by atoms with Crippen molar-refractivity contribution in [1.29, 1.82) is 0 Å². The number of carbonyl (C=O) groups is 1. The largest absolute Gasteiger partial charge is 0.381 e. The Hall–Kier alpha value is -1.66. The lowest BCUT2D eigenvalue weighted by atomic mass is 10.2. The van der Waals surface area contributed by atoms with Crippen LogP contribution in [0.3, 0.4) is 0 Å². The summed E-state index contributed by atoms with van der Waals surface area (Å²) in [4.78, 5) is 22.0. The lowest BCUT2D eigenvalue weighted by Crippen LogP contribution is -2.25. The Morgan fingerprint density at radius 3 is 2.90 bits per heavy atom. The van der Waals surface area contributed by atoms with Crippen molar-refractivity contribution in [1.82, 2.24) is 5.32 Å². The molecule has 1 saturated carbocycles. The Labute approximate surface area is 127 Å². The van der Waals surface area contributed by atoms with Crippen molar-refractivity contribution in [2.45, 2.75) is 19.3 Å². The first kappa shape index (κ1) is 15.7. The van der Waals surface area contributed by atoms with Crippen LogP contribution in [0, 0.1) is 16.0 Å². The summed E-state index contributed by atoms with van der Waals surface area (Å²) in [5, 5.41) is 13.5. The molecule has 1 aliphatic carbocycles. The molecule has 0 atom stereocenters. The standard InChI is InChI=1S/C14H17ClN2O4/c15-12-5-4-11(8-13(12)17(19)20)14(18)16-6-1-7-21-9-10-2-3-10/h4-5,8,10H,1-3,6-7,9H2,(H,16,18). The van der Waals surface area contributed by atoms with Crippen LogP contribution in [0.4, 0.5) is 5.69 Å². The van der Waals surface area contributed by atoms with Gasteiger partial charge in [-0.05, 0) is 37.3 Å². The van der Waals surface area contributed by atoms with Gasteiger partial charge in [-0.25, -0.2) is 0 Å². The van der Waals surface area contributed by atoms with Gasteiger partial charge in [-0.15, -0.1) is 0 Å². The van der Waals surface area contributed by atoms with E-state index in [0.717, 1.165) is 12.5 Å². The van der Waals surface area contributed by atoms with Crippen LogP contribution < -0.4 is 5.32 Å². The maximum atomic E-state index is 11.9. The lowest BCUT2D eigenvalue weighted by Gasteiger charge is -2.06. The maximum Gasteiger partial charge on any atom is 0.288 e. The molecule has 6 nitrogen and oxygen atoms in total. The zero-order chi connectivity index (χ0) is 15.2. The van der Waals surface area contributed by atoms with E-state index in [1.807, 2.05) is 0 Å². The number of ether oxygens (including phenoxy) is 1. The molecule has 0 heterocycles. The third kappa shape index (κ3) is 4.99. The van der Waals surface area contributed by atoms with Crippen LogP contribution in [-0.4, -0.2) is 30.6 Å². The van der Waals surface area contributed by atoms with Crippen molar-refractivity contribution in [2.75, 3.05) is 19.8 Å². The van der Waals surface area contributed by atoms with E-state index in [1.165, 1.54) is 31.0 Å². The number of nitro benzene ring substituents is 1. The highest BCUT2D eigenvalue weighted by Gasteiger charge is 2.20. The van der Waals surface area contributed by atoms with Gasteiger partial charge < -0.3 is 10.1 Å². The molecule has 21 heavy (non-hydrogen) atoms. The number of rotatable bonds is 8. The summed E-state index contributed by atoms with van der Waals surface area (Å²) in [7, 11) is 0. The van der Waals surface area contributed by atoms with E-state index in [-0.39, 0.29) is 22.2 Å². The summed E-state index contributed by atoms with van der Waals surface area (Å²) < 4.78 is 5.45. The molecular weight excluding hydrogens is 296 g/mol. The minimum Gasteiger partial charge on any atom is -0.381 e. The Morgan fingerprint density at radius 1 is 1.48 bits per heavy atom. The molecule has 1 N–H and O–H groups in total. The molecule has 0 saturated heterocycles. The molecule has 1 fully saturated rings. The van der Waals surface area contributed by atoms with Gasteiger partial charge in [-0.3, -0.25) is 14.9 Å². The number of nitro groups is 1. The van der Waals surface area contributed by atoms with Crippen molar-refractivity contribution in [2.24, 2.45) is 5.92 Å². The van der Waals surface area contributed by atoms with Gasteiger partial charge in [0.25, 0.3) is 11.6 Å². The molecule has 1 aliphatic rings. The summed E-state index contributed by atoms with van der Waals surface area (Å²) >= 11 is 5.70. The van der Waals surface area contributed by atoms with Crippen LogP contribution in [-0.2, 0) is 4.74 Å². The third-order valence-corrected chi connectivity index (χ3v) is 3.53. The number of nitrogens with zero attached hydrogens (tertiary/aromatic N) is 1. The maximum absolute atomic E-state index is 11.9. The Bertz CT molecular complexity index is 532. The van der Waals surface area contributed by atoms with Crippen molar-refractivity contribution in [3.63, 3.8) is 0 Å². The second-order valence-corrected chi connectivity index (χ2v) is 5.46. The van der Waals surface area contributed by atoms with Crippen LogP contribution >= 0.6 is 11.6 Å². The van der Waals surface area contributed by atoms with Gasteiger partial charge in [0.15, 0.2) is 0 Å². The molecule has 1 aromatic rings. The van der Waals surface area contributed by atoms with E-state index in [1.54, 1.807) is 0 Å². The summed E-state index contributed by atoms with van der Waals surface area (Å²) in [6.07, 6.45) is 3.23. The summed E-state index contributed by atoms with van der Waals surface area (Å²) in [6, 6.07) is 4.00. The molecule has 114 valence electrons. The molecule has 1 aromatic carbocycles. The van der Waals surface area contributed by atoms with Crippen LogP contribution in [0.5, 0.6) is 0 Å². The topological polar surface area (TPSA) is 81.5 Å². The summed E-state index contributed by atoms with van der Waals surface area (Å²) in [5.41, 5.74) is -0.0397. The highest BCUT2D eigenvalue weighted by Crippen LogP contribution is 2.28. The van der Waals surface area contributed by atoms with E-state index in [9.17, 15) is 14.9 Å². The quantitative estimate of drug-likeness (QED) is 0.454. The molecule has 0 spiro atoms. The molecule has 0 unspecified atom stereocenters. The minimum atomic E-state index is -0.606. The van der Waals surface area contributed by atoms with Crippen molar-refractivity contribution in [3.05, 3.63) is 38.9 Å². The first-order valence-electron chi connectivity index (χ1n) is 6.88. The molecule has 7 heteroatoms. The fourth-order valence-corrected chi connectivity index (χ4v) is 1.99. The van der Waals surface area contributed by atoms with Gasteiger partial charge in [0.2, 0.25) is 0 Å². The number of hydrogen-bond donors (Lipinski definition) is 1. The van der Waals surface area contributed by atoms with Crippen molar-refractivity contribution < 1.29 is 14.5 Å². The van der Waals surface area contributed by atoms with E-state index < -0.39 is 4.92 Å². The smallest absolute Gasteiger partial charge is 0.288 e. The van der Waals surface area contributed by atoms with Gasteiger partial charge in [0.05, 0.1) is 4.92 Å². The molecule has 0 aliphatic heterocycles. The number of carbonyl (C=O) groups excluding carboxylic acids is 1. The fraction of sp³-hybridized carbons (Fsp3) is 0.500. The average Bonchev–Trinajstić information content (AvgIpc) is 3.26. The Kier molecular flexibility index (Phi) is 5.52. The van der Waals surface area contributed by atoms with Crippen molar-refractivity contribution in [3.8, 4) is 0 Å². The number of hydrogen-bond acceptors (Lipinski definition) is 4. The molecule has 0 bridgehead atoms. The van der Waals surface area contributed by atoms with Crippen LogP contribution in [0.1, 0.15) is 29.6 Å². The predicted octanol–water partition coefficient (Wildman–Crippen LogP) is 2.79. The zero-order valence-corrected chi connectivity index (χ0v) is 12.3. The van der Waals surface area contributed by atoms with Gasteiger partial charge in [-0.2, -0.15) is 0 Å². The van der Waals surface area contributed by atoms with Gasteiger partial charge in [0, 0.05) is 31.4 Å². The lowest BCUT2D eigenvalue weighted by molar-refractivity contribution is -0.384. The van der Waals surface area contributed by atoms with Gasteiger partial charge in [0.1, 0.15) is 5.02 Å². The van der Waals surface area contributed by atoms with E-state index >= 15 is 0 Å².